The molecule has 0 aliphatic carbocycles. The molecule has 0 N–H and O–H groups in total. The minimum absolute atomic E-state index is 0.180. The number of carbonyl (C=O) groups excluding carboxylic acids is 1. The van der Waals surface area contributed by atoms with Crippen molar-refractivity contribution in [2.45, 2.75) is 26.6 Å². The second-order valence-electron chi connectivity index (χ2n) is 6.43. The zero-order chi connectivity index (χ0) is 21.6. The van der Waals surface area contributed by atoms with E-state index in [0.29, 0.717) is 5.69 Å². The van der Waals surface area contributed by atoms with E-state index in [9.17, 15) is 18.0 Å². The van der Waals surface area contributed by atoms with Crippen LogP contribution in [0.15, 0.2) is 41.4 Å². The molecule has 0 aromatic heterocycles. The highest BCUT2D eigenvalue weighted by Gasteiger charge is 2.30. The van der Waals surface area contributed by atoms with Crippen molar-refractivity contribution < 1.29 is 27.4 Å². The number of benzene rings is 2. The predicted octanol–water partition coefficient (Wildman–Crippen LogP) is 4.99. The van der Waals surface area contributed by atoms with Gasteiger partial charge in [0.1, 0.15) is 17.9 Å². The van der Waals surface area contributed by atoms with Crippen molar-refractivity contribution in [3.8, 4) is 5.75 Å². The predicted molar refractivity (Wildman–Crippen MR) is 105 cm³/mol. The van der Waals surface area contributed by atoms with E-state index in [1.807, 2.05) is 18.9 Å². The Hall–Kier alpha value is -3.03. The summed E-state index contributed by atoms with van der Waals surface area (Å²) in [5.41, 5.74) is 1.00. The molecule has 0 saturated carbocycles. The SMILES string of the molecule is CCN(C)/C=N/c1cc(OC)c(C(=O)OCc2cccc(C(F)(F)F)c2)cc1C. The Kier molecular flexibility index (Phi) is 7.25. The summed E-state index contributed by atoms with van der Waals surface area (Å²) in [6.45, 7) is 4.29. The number of ether oxygens (including phenoxy) is 2. The fraction of sp³-hybridized carbons (Fsp3) is 0.333. The van der Waals surface area contributed by atoms with Crippen molar-refractivity contribution in [2.75, 3.05) is 20.7 Å². The van der Waals surface area contributed by atoms with Gasteiger partial charge in [-0.1, -0.05) is 12.1 Å². The van der Waals surface area contributed by atoms with Crippen LogP contribution in [-0.4, -0.2) is 37.9 Å². The molecule has 2 aromatic rings. The molecule has 0 aliphatic heterocycles. The molecule has 0 bridgehead atoms. The van der Waals surface area contributed by atoms with Gasteiger partial charge in [0.15, 0.2) is 0 Å². The Bertz CT molecular complexity index is 895. The molecule has 29 heavy (non-hydrogen) atoms. The number of aryl methyl sites for hydroxylation is 1. The maximum Gasteiger partial charge on any atom is 0.416 e. The average molecular weight is 408 g/mol. The molecule has 0 spiro atoms. The molecule has 5 nitrogen and oxygen atoms in total. The zero-order valence-corrected chi connectivity index (χ0v) is 16.7. The van der Waals surface area contributed by atoms with E-state index in [4.69, 9.17) is 9.47 Å². The van der Waals surface area contributed by atoms with Gasteiger partial charge in [-0.3, -0.25) is 0 Å². The highest BCUT2D eigenvalue weighted by molar-refractivity contribution is 5.93. The number of halogens is 3. The molecular weight excluding hydrogens is 385 g/mol. The van der Waals surface area contributed by atoms with E-state index >= 15 is 0 Å². The maximum atomic E-state index is 12.8. The second kappa shape index (κ2) is 9.45. The van der Waals surface area contributed by atoms with Crippen molar-refractivity contribution in [3.63, 3.8) is 0 Å². The lowest BCUT2D eigenvalue weighted by Gasteiger charge is -2.13. The number of rotatable bonds is 7. The summed E-state index contributed by atoms with van der Waals surface area (Å²) >= 11 is 0. The van der Waals surface area contributed by atoms with Gasteiger partial charge in [0.2, 0.25) is 0 Å². The molecule has 0 heterocycles. The van der Waals surface area contributed by atoms with Crippen LogP contribution >= 0.6 is 0 Å². The fourth-order valence-electron chi connectivity index (χ4n) is 2.45. The van der Waals surface area contributed by atoms with Crippen LogP contribution in [0.3, 0.4) is 0 Å². The number of nitrogens with zero attached hydrogens (tertiary/aromatic N) is 2. The minimum atomic E-state index is -4.46. The standard InChI is InChI=1S/C21H23F3N2O3/c1-5-26(3)13-25-18-11-19(28-4)17(9-14(18)2)20(27)29-12-15-7-6-8-16(10-15)21(22,23)24/h6-11,13H,5,12H2,1-4H3/b25-13+. The first-order chi connectivity index (χ1) is 13.7. The molecule has 0 saturated heterocycles. The van der Waals surface area contributed by atoms with Crippen LogP contribution in [0.2, 0.25) is 0 Å². The van der Waals surface area contributed by atoms with Crippen LogP contribution in [0.25, 0.3) is 0 Å². The van der Waals surface area contributed by atoms with Crippen molar-refractivity contribution in [2.24, 2.45) is 4.99 Å². The number of hydrogen-bond acceptors (Lipinski definition) is 4. The Labute approximate surface area is 167 Å². The number of methoxy groups -OCH3 is 1. The zero-order valence-electron chi connectivity index (χ0n) is 16.7. The number of carbonyl (C=O) groups is 1. The van der Waals surface area contributed by atoms with Crippen LogP contribution in [0.4, 0.5) is 18.9 Å². The first-order valence-corrected chi connectivity index (χ1v) is 8.92. The van der Waals surface area contributed by atoms with Crippen LogP contribution in [0.1, 0.15) is 34.0 Å². The van der Waals surface area contributed by atoms with Gasteiger partial charge in [-0.05, 0) is 43.2 Å². The van der Waals surface area contributed by atoms with Gasteiger partial charge in [-0.15, -0.1) is 0 Å². The fourth-order valence-corrected chi connectivity index (χ4v) is 2.45. The number of aliphatic imine (C=N–C) groups is 1. The molecule has 8 heteroatoms. The van der Waals surface area contributed by atoms with Crippen LogP contribution in [0, 0.1) is 6.92 Å². The van der Waals surface area contributed by atoms with Gasteiger partial charge in [-0.25, -0.2) is 9.79 Å². The average Bonchev–Trinajstić information content (AvgIpc) is 2.70. The third-order valence-corrected chi connectivity index (χ3v) is 4.25. The molecule has 0 aliphatic rings. The lowest BCUT2D eigenvalue weighted by Crippen LogP contribution is -2.14. The quantitative estimate of drug-likeness (QED) is 0.368. The van der Waals surface area contributed by atoms with Crippen LogP contribution < -0.4 is 4.74 Å². The summed E-state index contributed by atoms with van der Waals surface area (Å²) in [6.07, 6.45) is -2.78. The Balaban J connectivity index is 2.18. The molecule has 0 unspecified atom stereocenters. The molecule has 0 atom stereocenters. The Morgan fingerprint density at radius 2 is 1.97 bits per heavy atom. The third-order valence-electron chi connectivity index (χ3n) is 4.25. The largest absolute Gasteiger partial charge is 0.496 e. The van der Waals surface area contributed by atoms with E-state index < -0.39 is 17.7 Å². The monoisotopic (exact) mass is 408 g/mol. The first-order valence-electron chi connectivity index (χ1n) is 8.92. The number of esters is 1. The number of alkyl halides is 3. The van der Waals surface area contributed by atoms with Gasteiger partial charge < -0.3 is 14.4 Å². The number of hydrogen-bond donors (Lipinski definition) is 0. The molecule has 0 radical (unpaired) electrons. The molecule has 2 aromatic carbocycles. The smallest absolute Gasteiger partial charge is 0.416 e. The van der Waals surface area contributed by atoms with Gasteiger partial charge >= 0.3 is 12.1 Å². The Morgan fingerprint density at radius 3 is 2.59 bits per heavy atom. The van der Waals surface area contributed by atoms with Gasteiger partial charge in [0.25, 0.3) is 0 Å². The van der Waals surface area contributed by atoms with Gasteiger partial charge in [0.05, 0.1) is 24.7 Å². The summed E-state index contributed by atoms with van der Waals surface area (Å²) in [4.78, 5) is 18.8. The van der Waals surface area contributed by atoms with Crippen LogP contribution in [0.5, 0.6) is 5.75 Å². The van der Waals surface area contributed by atoms with Crippen molar-refractivity contribution in [3.05, 3.63) is 58.7 Å². The summed E-state index contributed by atoms with van der Waals surface area (Å²) in [7, 11) is 3.30. The van der Waals surface area contributed by atoms with Gasteiger partial charge in [0, 0.05) is 19.7 Å². The second-order valence-corrected chi connectivity index (χ2v) is 6.43. The van der Waals surface area contributed by atoms with E-state index in [-0.39, 0.29) is 23.5 Å². The van der Waals surface area contributed by atoms with Gasteiger partial charge in [-0.2, -0.15) is 13.2 Å². The lowest BCUT2D eigenvalue weighted by atomic mass is 10.1. The first kappa shape index (κ1) is 22.3. The van der Waals surface area contributed by atoms with Crippen LogP contribution in [-0.2, 0) is 17.5 Å². The molecule has 0 fully saturated rings. The van der Waals surface area contributed by atoms with E-state index in [1.54, 1.807) is 25.4 Å². The molecule has 156 valence electrons. The minimum Gasteiger partial charge on any atom is -0.496 e. The summed E-state index contributed by atoms with van der Waals surface area (Å²) in [6, 6.07) is 7.87. The molecule has 2 rings (SSSR count). The molecular formula is C21H23F3N2O3. The van der Waals surface area contributed by atoms with Crippen molar-refractivity contribution in [1.82, 2.24) is 4.90 Å². The topological polar surface area (TPSA) is 51.1 Å². The van der Waals surface area contributed by atoms with E-state index in [1.165, 1.54) is 19.2 Å². The summed E-state index contributed by atoms with van der Waals surface area (Å²) in [5, 5.41) is 0. The van der Waals surface area contributed by atoms with Crippen molar-refractivity contribution >= 4 is 18.0 Å². The van der Waals surface area contributed by atoms with E-state index in [2.05, 4.69) is 4.99 Å². The summed E-state index contributed by atoms with van der Waals surface area (Å²) in [5.74, 6) is -0.417. The summed E-state index contributed by atoms with van der Waals surface area (Å²) < 4.78 is 48.9. The van der Waals surface area contributed by atoms with Crippen molar-refractivity contribution in [1.29, 1.82) is 0 Å². The third kappa shape index (κ3) is 5.97. The lowest BCUT2D eigenvalue weighted by molar-refractivity contribution is -0.137. The van der Waals surface area contributed by atoms with E-state index in [0.717, 1.165) is 24.2 Å². The highest BCUT2D eigenvalue weighted by Crippen LogP contribution is 2.31. The highest BCUT2D eigenvalue weighted by atomic mass is 19.4. The molecule has 0 amide bonds. The maximum absolute atomic E-state index is 12.8. The normalized spacial score (nSPS) is 11.6. The Morgan fingerprint density at radius 1 is 1.24 bits per heavy atom.